The molecule has 10 heteroatoms. The lowest BCUT2D eigenvalue weighted by atomic mass is 10.2. The molecule has 0 bridgehead atoms. The maximum absolute atomic E-state index is 13.4. The molecule has 0 spiro atoms. The molecule has 0 heterocycles. The van der Waals surface area contributed by atoms with Gasteiger partial charge in [0.25, 0.3) is 10.0 Å². The van der Waals surface area contributed by atoms with Gasteiger partial charge in [-0.1, -0.05) is 12.1 Å². The van der Waals surface area contributed by atoms with Crippen molar-refractivity contribution < 1.29 is 35.5 Å². The molecule has 1 N–H and O–H groups in total. The quantitative estimate of drug-likeness (QED) is 0.601. The molecule has 0 radical (unpaired) electrons. The maximum Gasteiger partial charge on any atom is 0.422 e. The minimum Gasteiger partial charge on any atom is -0.482 e. The Bertz CT molecular complexity index is 926. The van der Waals surface area contributed by atoms with Crippen molar-refractivity contribution in [1.82, 2.24) is 0 Å². The number of Topliss-reactive ketones (excluding diaryl/α,β-unsaturated/α-hetero) is 1. The van der Waals surface area contributed by atoms with Crippen LogP contribution in [0.5, 0.6) is 5.75 Å². The SMILES string of the molecule is CC(=O)c1cccc(S(=O)(=O)Nc2cc(F)ccc2OCC(F)(F)F)c1. The summed E-state index contributed by atoms with van der Waals surface area (Å²) in [6.07, 6.45) is -4.65. The van der Waals surface area contributed by atoms with E-state index in [-0.39, 0.29) is 16.2 Å². The van der Waals surface area contributed by atoms with Crippen LogP contribution in [-0.2, 0) is 10.0 Å². The zero-order valence-electron chi connectivity index (χ0n) is 13.3. The molecular weight excluding hydrogens is 378 g/mol. The van der Waals surface area contributed by atoms with Gasteiger partial charge in [0, 0.05) is 11.6 Å². The van der Waals surface area contributed by atoms with E-state index in [0.717, 1.165) is 18.2 Å². The highest BCUT2D eigenvalue weighted by Crippen LogP contribution is 2.29. The Morgan fingerprint density at radius 3 is 2.46 bits per heavy atom. The highest BCUT2D eigenvalue weighted by Gasteiger charge is 2.29. The van der Waals surface area contributed by atoms with E-state index in [1.807, 2.05) is 4.72 Å². The fourth-order valence-corrected chi connectivity index (χ4v) is 3.06. The van der Waals surface area contributed by atoms with E-state index < -0.39 is 40.1 Å². The standard InChI is InChI=1S/C16H13F4NO4S/c1-10(22)11-3-2-4-13(7-11)26(23,24)21-14-8-12(17)5-6-15(14)25-9-16(18,19)20/h2-8,21H,9H2,1H3. The Hall–Kier alpha value is -2.62. The van der Waals surface area contributed by atoms with E-state index in [9.17, 15) is 30.8 Å². The molecule has 0 aliphatic rings. The summed E-state index contributed by atoms with van der Waals surface area (Å²) in [4.78, 5) is 11.1. The summed E-state index contributed by atoms with van der Waals surface area (Å²) in [5.41, 5.74) is -0.372. The normalized spacial score (nSPS) is 11.9. The third-order valence-corrected chi connectivity index (χ3v) is 4.49. The number of anilines is 1. The van der Waals surface area contributed by atoms with E-state index in [1.165, 1.54) is 25.1 Å². The van der Waals surface area contributed by atoms with Crippen LogP contribution in [0.1, 0.15) is 17.3 Å². The fraction of sp³-hybridized carbons (Fsp3) is 0.188. The summed E-state index contributed by atoms with van der Waals surface area (Å²) in [5.74, 6) is -1.74. The molecule has 2 aromatic rings. The van der Waals surface area contributed by atoms with E-state index in [2.05, 4.69) is 4.74 Å². The van der Waals surface area contributed by atoms with Crippen molar-refractivity contribution in [2.75, 3.05) is 11.3 Å². The molecule has 0 aliphatic carbocycles. The molecule has 140 valence electrons. The highest BCUT2D eigenvalue weighted by molar-refractivity contribution is 7.92. The van der Waals surface area contributed by atoms with Gasteiger partial charge in [0.2, 0.25) is 0 Å². The van der Waals surface area contributed by atoms with Crippen molar-refractivity contribution in [3.8, 4) is 5.75 Å². The third-order valence-electron chi connectivity index (χ3n) is 3.13. The van der Waals surface area contributed by atoms with Crippen LogP contribution >= 0.6 is 0 Å². The van der Waals surface area contributed by atoms with Crippen LogP contribution in [0.15, 0.2) is 47.4 Å². The van der Waals surface area contributed by atoms with Gasteiger partial charge in [-0.15, -0.1) is 0 Å². The summed E-state index contributed by atoms with van der Waals surface area (Å²) in [6.45, 7) is -0.429. The average molecular weight is 391 g/mol. The summed E-state index contributed by atoms with van der Waals surface area (Å²) in [7, 11) is -4.29. The second-order valence-corrected chi connectivity index (χ2v) is 6.92. The lowest BCUT2D eigenvalue weighted by molar-refractivity contribution is -0.153. The predicted molar refractivity (Wildman–Crippen MR) is 85.2 cm³/mol. The Morgan fingerprint density at radius 2 is 1.85 bits per heavy atom. The number of hydrogen-bond donors (Lipinski definition) is 1. The van der Waals surface area contributed by atoms with Crippen molar-refractivity contribution >= 4 is 21.5 Å². The molecule has 0 aromatic heterocycles. The van der Waals surface area contributed by atoms with Gasteiger partial charge in [0.05, 0.1) is 10.6 Å². The monoisotopic (exact) mass is 391 g/mol. The van der Waals surface area contributed by atoms with E-state index in [0.29, 0.717) is 6.07 Å². The first-order chi connectivity index (χ1) is 12.0. The molecule has 0 unspecified atom stereocenters. The van der Waals surface area contributed by atoms with Crippen LogP contribution in [0.4, 0.5) is 23.2 Å². The van der Waals surface area contributed by atoms with E-state index in [1.54, 1.807) is 0 Å². The van der Waals surface area contributed by atoms with Gasteiger partial charge in [-0.25, -0.2) is 12.8 Å². The number of rotatable bonds is 6. The Morgan fingerprint density at radius 1 is 1.15 bits per heavy atom. The van der Waals surface area contributed by atoms with Crippen LogP contribution in [0, 0.1) is 5.82 Å². The van der Waals surface area contributed by atoms with Crippen LogP contribution < -0.4 is 9.46 Å². The van der Waals surface area contributed by atoms with Gasteiger partial charge < -0.3 is 4.74 Å². The van der Waals surface area contributed by atoms with E-state index >= 15 is 0 Å². The van der Waals surface area contributed by atoms with Gasteiger partial charge in [-0.2, -0.15) is 13.2 Å². The molecule has 5 nitrogen and oxygen atoms in total. The summed E-state index contributed by atoms with van der Waals surface area (Å²) in [5, 5.41) is 0. The molecule has 0 saturated heterocycles. The Balaban J connectivity index is 2.35. The van der Waals surface area contributed by atoms with Crippen LogP contribution in [0.25, 0.3) is 0 Å². The van der Waals surface area contributed by atoms with E-state index in [4.69, 9.17) is 0 Å². The first-order valence-corrected chi connectivity index (χ1v) is 8.59. The molecule has 0 fully saturated rings. The van der Waals surface area contributed by atoms with Gasteiger partial charge in [-0.05, 0) is 31.2 Å². The number of ketones is 1. The summed E-state index contributed by atoms with van der Waals surface area (Å²) in [6, 6.07) is 7.42. The minimum absolute atomic E-state index is 0.126. The second kappa shape index (κ2) is 7.32. The van der Waals surface area contributed by atoms with Crippen molar-refractivity contribution in [1.29, 1.82) is 0 Å². The topological polar surface area (TPSA) is 72.5 Å². The van der Waals surface area contributed by atoms with Crippen molar-refractivity contribution in [3.63, 3.8) is 0 Å². The molecule has 2 rings (SSSR count). The molecule has 0 saturated carbocycles. The largest absolute Gasteiger partial charge is 0.482 e. The smallest absolute Gasteiger partial charge is 0.422 e. The van der Waals surface area contributed by atoms with Gasteiger partial charge in [0.15, 0.2) is 12.4 Å². The summed E-state index contributed by atoms with van der Waals surface area (Å²) < 4.78 is 81.7. The zero-order valence-corrected chi connectivity index (χ0v) is 14.1. The fourth-order valence-electron chi connectivity index (χ4n) is 1.95. The Kier molecular flexibility index (Phi) is 5.55. The highest BCUT2D eigenvalue weighted by atomic mass is 32.2. The second-order valence-electron chi connectivity index (χ2n) is 5.23. The molecule has 26 heavy (non-hydrogen) atoms. The summed E-state index contributed by atoms with van der Waals surface area (Å²) >= 11 is 0. The molecule has 2 aromatic carbocycles. The lowest BCUT2D eigenvalue weighted by Crippen LogP contribution is -2.20. The molecule has 0 aliphatic heterocycles. The number of sulfonamides is 1. The average Bonchev–Trinajstić information content (AvgIpc) is 2.53. The molecule has 0 atom stereocenters. The number of alkyl halides is 3. The van der Waals surface area contributed by atoms with Gasteiger partial charge >= 0.3 is 6.18 Å². The first-order valence-electron chi connectivity index (χ1n) is 7.11. The number of benzene rings is 2. The molecule has 0 amide bonds. The third kappa shape index (κ3) is 5.19. The van der Waals surface area contributed by atoms with Gasteiger partial charge in [0.1, 0.15) is 11.6 Å². The minimum atomic E-state index is -4.65. The number of halogens is 4. The number of carbonyl (C=O) groups excluding carboxylic acids is 1. The number of hydrogen-bond acceptors (Lipinski definition) is 4. The van der Waals surface area contributed by atoms with Crippen molar-refractivity contribution in [2.24, 2.45) is 0 Å². The van der Waals surface area contributed by atoms with Crippen molar-refractivity contribution in [2.45, 2.75) is 18.0 Å². The molecular formula is C16H13F4NO4S. The zero-order chi connectivity index (χ0) is 19.5. The van der Waals surface area contributed by atoms with Crippen molar-refractivity contribution in [3.05, 3.63) is 53.8 Å². The predicted octanol–water partition coefficient (Wildman–Crippen LogP) is 3.77. The maximum atomic E-state index is 13.4. The van der Waals surface area contributed by atoms with Gasteiger partial charge in [-0.3, -0.25) is 9.52 Å². The Labute approximate surface area is 146 Å². The number of ether oxygens (including phenoxy) is 1. The van der Waals surface area contributed by atoms with Crippen LogP contribution in [0.2, 0.25) is 0 Å². The number of nitrogens with one attached hydrogen (secondary N) is 1. The first kappa shape index (κ1) is 19.7. The van der Waals surface area contributed by atoms with Crippen LogP contribution in [-0.4, -0.2) is 27.0 Å². The van der Waals surface area contributed by atoms with Crippen LogP contribution in [0.3, 0.4) is 0 Å². The lowest BCUT2D eigenvalue weighted by Gasteiger charge is -2.15. The number of carbonyl (C=O) groups is 1.